The van der Waals surface area contributed by atoms with Crippen LogP contribution in [0.3, 0.4) is 0 Å². The van der Waals surface area contributed by atoms with Crippen LogP contribution in [-0.2, 0) is 14.4 Å². The molecule has 1 saturated carbocycles. The second-order valence-electron chi connectivity index (χ2n) is 7.10. The zero-order valence-electron chi connectivity index (χ0n) is 16.0. The van der Waals surface area contributed by atoms with Crippen LogP contribution in [0.2, 0.25) is 0 Å². The predicted octanol–water partition coefficient (Wildman–Crippen LogP) is 0.862. The Bertz CT molecular complexity index is 566. The molecular formula is C18H30N4O4. The fourth-order valence-electron chi connectivity index (χ4n) is 3.80. The van der Waals surface area contributed by atoms with E-state index in [1.807, 2.05) is 13.8 Å². The zero-order chi connectivity index (χ0) is 19.3. The van der Waals surface area contributed by atoms with Crippen LogP contribution in [0, 0.1) is 5.92 Å². The average Bonchev–Trinajstić information content (AvgIpc) is 2.86. The highest BCUT2D eigenvalue weighted by atomic mass is 16.2. The van der Waals surface area contributed by atoms with Gasteiger partial charge < -0.3 is 15.5 Å². The van der Waals surface area contributed by atoms with Gasteiger partial charge in [0, 0.05) is 13.1 Å². The van der Waals surface area contributed by atoms with E-state index >= 15 is 0 Å². The molecule has 1 aliphatic heterocycles. The van der Waals surface area contributed by atoms with Gasteiger partial charge in [-0.25, -0.2) is 4.79 Å². The summed E-state index contributed by atoms with van der Waals surface area (Å²) in [4.78, 5) is 51.6. The minimum absolute atomic E-state index is 0.131. The molecule has 26 heavy (non-hydrogen) atoms. The number of likely N-dealkylation sites (N-methyl/N-ethyl adjacent to an activating group) is 1. The molecule has 1 aliphatic carbocycles. The molecule has 0 unspecified atom stereocenters. The Balaban J connectivity index is 1.89. The van der Waals surface area contributed by atoms with E-state index in [1.165, 1.54) is 0 Å². The Morgan fingerprint density at radius 1 is 1.19 bits per heavy atom. The lowest BCUT2D eigenvalue weighted by Crippen LogP contribution is -2.50. The Morgan fingerprint density at radius 2 is 1.81 bits per heavy atom. The Hall–Kier alpha value is -2.12. The number of hydrogen-bond donors (Lipinski definition) is 2. The van der Waals surface area contributed by atoms with Gasteiger partial charge in [0.15, 0.2) is 0 Å². The molecule has 1 spiro atoms. The summed E-state index contributed by atoms with van der Waals surface area (Å²) in [6, 6.07) is -0.518. The van der Waals surface area contributed by atoms with E-state index < -0.39 is 17.5 Å². The highest BCUT2D eigenvalue weighted by Crippen LogP contribution is 2.37. The molecule has 8 nitrogen and oxygen atoms in total. The highest BCUT2D eigenvalue weighted by Gasteiger charge is 2.52. The predicted molar refractivity (Wildman–Crippen MR) is 96.2 cm³/mol. The first-order chi connectivity index (χ1) is 12.4. The van der Waals surface area contributed by atoms with Gasteiger partial charge in [-0.1, -0.05) is 13.3 Å². The van der Waals surface area contributed by atoms with Gasteiger partial charge in [-0.3, -0.25) is 19.3 Å². The van der Waals surface area contributed by atoms with Crippen molar-refractivity contribution in [3.63, 3.8) is 0 Å². The lowest BCUT2D eigenvalue weighted by molar-refractivity contribution is -0.136. The Kier molecular flexibility index (Phi) is 6.61. The molecule has 1 heterocycles. The summed E-state index contributed by atoms with van der Waals surface area (Å²) in [7, 11) is 0. The maximum Gasteiger partial charge on any atom is 0.325 e. The fraction of sp³-hybridized carbons (Fsp3) is 0.778. The van der Waals surface area contributed by atoms with Crippen molar-refractivity contribution < 1.29 is 19.2 Å². The van der Waals surface area contributed by atoms with Crippen molar-refractivity contribution >= 4 is 23.8 Å². The first-order valence-corrected chi connectivity index (χ1v) is 9.55. The second-order valence-corrected chi connectivity index (χ2v) is 7.10. The van der Waals surface area contributed by atoms with Crippen LogP contribution < -0.4 is 10.6 Å². The fourth-order valence-corrected chi connectivity index (χ4v) is 3.80. The molecular weight excluding hydrogens is 336 g/mol. The summed E-state index contributed by atoms with van der Waals surface area (Å²) in [5.41, 5.74) is -0.847. The lowest BCUT2D eigenvalue weighted by atomic mass is 9.75. The molecule has 0 aromatic heterocycles. The summed E-state index contributed by atoms with van der Waals surface area (Å²) in [5, 5.41) is 5.31. The minimum atomic E-state index is -0.847. The van der Waals surface area contributed by atoms with Gasteiger partial charge in [-0.2, -0.15) is 0 Å². The van der Waals surface area contributed by atoms with Crippen molar-refractivity contribution in [2.24, 2.45) is 5.92 Å². The van der Waals surface area contributed by atoms with Crippen molar-refractivity contribution in [1.82, 2.24) is 20.4 Å². The molecule has 0 radical (unpaired) electrons. The normalized spacial score (nSPS) is 25.3. The number of nitrogens with one attached hydrogen (secondary N) is 2. The van der Waals surface area contributed by atoms with Crippen LogP contribution >= 0.6 is 0 Å². The van der Waals surface area contributed by atoms with Gasteiger partial charge >= 0.3 is 6.03 Å². The van der Waals surface area contributed by atoms with Crippen LogP contribution in [0.15, 0.2) is 0 Å². The molecule has 2 N–H and O–H groups in total. The van der Waals surface area contributed by atoms with Gasteiger partial charge in [0.1, 0.15) is 12.1 Å². The van der Waals surface area contributed by atoms with E-state index in [-0.39, 0.29) is 24.9 Å². The summed E-state index contributed by atoms with van der Waals surface area (Å²) >= 11 is 0. The van der Waals surface area contributed by atoms with Crippen molar-refractivity contribution in [1.29, 1.82) is 0 Å². The van der Waals surface area contributed by atoms with Crippen LogP contribution in [0.5, 0.6) is 0 Å². The van der Waals surface area contributed by atoms with E-state index in [0.717, 1.165) is 24.2 Å². The third kappa shape index (κ3) is 4.16. The first-order valence-electron chi connectivity index (χ1n) is 9.55. The van der Waals surface area contributed by atoms with E-state index in [9.17, 15) is 19.2 Å². The van der Waals surface area contributed by atoms with E-state index in [0.29, 0.717) is 31.8 Å². The molecule has 0 aromatic carbocycles. The van der Waals surface area contributed by atoms with Crippen molar-refractivity contribution in [3.05, 3.63) is 0 Å². The summed E-state index contributed by atoms with van der Waals surface area (Å²) in [6.07, 6.45) is 4.12. The molecule has 0 aromatic rings. The number of amides is 5. The molecule has 2 aliphatic rings. The van der Waals surface area contributed by atoms with Crippen molar-refractivity contribution in [3.8, 4) is 0 Å². The second kappa shape index (κ2) is 8.51. The van der Waals surface area contributed by atoms with Gasteiger partial charge in [-0.15, -0.1) is 0 Å². The molecule has 2 rings (SSSR count). The van der Waals surface area contributed by atoms with Crippen molar-refractivity contribution in [2.75, 3.05) is 26.2 Å². The first kappa shape index (κ1) is 20.2. The minimum Gasteiger partial charge on any atom is -0.345 e. The molecule has 1 saturated heterocycles. The van der Waals surface area contributed by atoms with Crippen LogP contribution in [0.4, 0.5) is 4.79 Å². The zero-order valence-corrected chi connectivity index (χ0v) is 16.0. The maximum absolute atomic E-state index is 12.7. The summed E-state index contributed by atoms with van der Waals surface area (Å²) in [6.45, 7) is 6.52. The highest BCUT2D eigenvalue weighted by molar-refractivity contribution is 6.09. The van der Waals surface area contributed by atoms with Crippen LogP contribution in [0.25, 0.3) is 0 Å². The number of nitrogens with zero attached hydrogens (tertiary/aromatic N) is 2. The van der Waals surface area contributed by atoms with Crippen molar-refractivity contribution in [2.45, 2.75) is 58.4 Å². The topological polar surface area (TPSA) is 98.8 Å². The van der Waals surface area contributed by atoms with Gasteiger partial charge in [0.25, 0.3) is 5.91 Å². The Labute approximate surface area is 154 Å². The quantitative estimate of drug-likeness (QED) is 0.653. The monoisotopic (exact) mass is 366 g/mol. The average molecular weight is 366 g/mol. The molecule has 146 valence electrons. The number of carbonyl (C=O) groups is 4. The number of imide groups is 1. The third-order valence-corrected chi connectivity index (χ3v) is 5.64. The largest absolute Gasteiger partial charge is 0.345 e. The molecule has 8 heteroatoms. The van der Waals surface area contributed by atoms with E-state index in [4.69, 9.17) is 0 Å². The SMILES string of the molecule is CCC1CCC2(CC1)NC(=O)N(CC(=O)NCC(=O)N(CC)CC)C2=O. The summed E-state index contributed by atoms with van der Waals surface area (Å²) in [5.74, 6) is -0.417. The number of urea groups is 1. The molecule has 2 fully saturated rings. The Morgan fingerprint density at radius 3 is 2.35 bits per heavy atom. The number of hydrogen-bond acceptors (Lipinski definition) is 4. The molecule has 5 amide bonds. The van der Waals surface area contributed by atoms with E-state index in [2.05, 4.69) is 17.6 Å². The maximum atomic E-state index is 12.7. The summed E-state index contributed by atoms with van der Waals surface area (Å²) < 4.78 is 0. The molecule has 0 atom stereocenters. The lowest BCUT2D eigenvalue weighted by Gasteiger charge is -2.34. The van der Waals surface area contributed by atoms with Crippen LogP contribution in [-0.4, -0.2) is 65.3 Å². The van der Waals surface area contributed by atoms with Gasteiger partial charge in [0.2, 0.25) is 11.8 Å². The molecule has 0 bridgehead atoms. The number of rotatable bonds is 7. The van der Waals surface area contributed by atoms with Gasteiger partial charge in [0.05, 0.1) is 6.54 Å². The van der Waals surface area contributed by atoms with Crippen LogP contribution in [0.1, 0.15) is 52.9 Å². The van der Waals surface area contributed by atoms with Gasteiger partial charge in [-0.05, 0) is 45.4 Å². The smallest absolute Gasteiger partial charge is 0.325 e. The standard InChI is InChI=1S/C18H30N4O4/c1-4-13-7-9-18(10-8-13)16(25)22(17(26)20-18)12-14(23)19-11-15(24)21(5-2)6-3/h13H,4-12H2,1-3H3,(H,19,23)(H,20,26). The third-order valence-electron chi connectivity index (χ3n) is 5.64. The van der Waals surface area contributed by atoms with E-state index in [1.54, 1.807) is 4.90 Å². The number of carbonyl (C=O) groups excluding carboxylic acids is 4.